The fourth-order valence-electron chi connectivity index (χ4n) is 1.92. The van der Waals surface area contributed by atoms with Crippen LogP contribution in [0.2, 0.25) is 0 Å². The molecule has 0 N–H and O–H groups in total. The van der Waals surface area contributed by atoms with Crippen molar-refractivity contribution in [2.45, 2.75) is 46.0 Å². The Bertz CT molecular complexity index is 377. The molecular weight excluding hydrogens is 208 g/mol. The molecule has 0 aliphatic heterocycles. The lowest BCUT2D eigenvalue weighted by molar-refractivity contribution is -0.107. The first-order chi connectivity index (χ1) is 8.22. The lowest BCUT2D eigenvalue weighted by Gasteiger charge is -2.02. The Hall–Kier alpha value is -1.37. The van der Waals surface area contributed by atoms with Crippen molar-refractivity contribution in [1.29, 1.82) is 0 Å². The van der Waals surface area contributed by atoms with Gasteiger partial charge in [-0.3, -0.25) is 0 Å². The first-order valence-electron chi connectivity index (χ1n) is 6.37. The standard InChI is InChI=1S/C16H22O/c1-14(7-3-4-12-17)8-5-10-16-11-6-9-15(2)13-16/h6,8-9,11-13H,3-5,7,10H2,1-2H3/b14-8+. The largest absolute Gasteiger partial charge is 0.303 e. The number of aryl methyl sites for hydroxylation is 2. The second-order valence-electron chi connectivity index (χ2n) is 4.64. The number of allylic oxidation sites excluding steroid dienone is 2. The Morgan fingerprint density at radius 2 is 2.12 bits per heavy atom. The highest BCUT2D eigenvalue weighted by molar-refractivity contribution is 5.49. The van der Waals surface area contributed by atoms with Crippen LogP contribution < -0.4 is 0 Å². The van der Waals surface area contributed by atoms with Crippen LogP contribution in [-0.2, 0) is 11.2 Å². The Morgan fingerprint density at radius 1 is 1.29 bits per heavy atom. The molecule has 0 aliphatic carbocycles. The van der Waals surface area contributed by atoms with Crippen molar-refractivity contribution in [3.63, 3.8) is 0 Å². The summed E-state index contributed by atoms with van der Waals surface area (Å²) in [6.07, 6.45) is 8.21. The lowest BCUT2D eigenvalue weighted by atomic mass is 10.0. The minimum absolute atomic E-state index is 0.684. The molecule has 0 saturated carbocycles. The van der Waals surface area contributed by atoms with E-state index in [4.69, 9.17) is 0 Å². The topological polar surface area (TPSA) is 17.1 Å². The van der Waals surface area contributed by atoms with Crippen LogP contribution >= 0.6 is 0 Å². The fourth-order valence-corrected chi connectivity index (χ4v) is 1.92. The molecule has 1 nitrogen and oxygen atoms in total. The number of hydrogen-bond donors (Lipinski definition) is 0. The van der Waals surface area contributed by atoms with Crippen molar-refractivity contribution in [1.82, 2.24) is 0 Å². The summed E-state index contributed by atoms with van der Waals surface area (Å²) < 4.78 is 0. The Balaban J connectivity index is 2.30. The van der Waals surface area contributed by atoms with Gasteiger partial charge in [-0.25, -0.2) is 0 Å². The van der Waals surface area contributed by atoms with Crippen LogP contribution in [0.15, 0.2) is 35.9 Å². The molecule has 92 valence electrons. The number of unbranched alkanes of at least 4 members (excludes halogenated alkanes) is 1. The molecule has 0 atom stereocenters. The van der Waals surface area contributed by atoms with Gasteiger partial charge in [-0.05, 0) is 45.1 Å². The predicted molar refractivity (Wildman–Crippen MR) is 73.2 cm³/mol. The van der Waals surface area contributed by atoms with E-state index in [1.54, 1.807) is 0 Å². The third-order valence-corrected chi connectivity index (χ3v) is 2.90. The van der Waals surface area contributed by atoms with Gasteiger partial charge in [0.15, 0.2) is 0 Å². The maximum Gasteiger partial charge on any atom is 0.120 e. The lowest BCUT2D eigenvalue weighted by Crippen LogP contribution is -1.86. The van der Waals surface area contributed by atoms with E-state index in [9.17, 15) is 4.79 Å². The van der Waals surface area contributed by atoms with Gasteiger partial charge in [0.05, 0.1) is 0 Å². The smallest absolute Gasteiger partial charge is 0.120 e. The molecule has 17 heavy (non-hydrogen) atoms. The van der Waals surface area contributed by atoms with Crippen LogP contribution in [0.3, 0.4) is 0 Å². The summed E-state index contributed by atoms with van der Waals surface area (Å²) in [4.78, 5) is 10.2. The molecule has 1 aromatic rings. The van der Waals surface area contributed by atoms with Gasteiger partial charge in [0.25, 0.3) is 0 Å². The van der Waals surface area contributed by atoms with Crippen molar-refractivity contribution in [2.75, 3.05) is 0 Å². The third kappa shape index (κ3) is 6.06. The van der Waals surface area contributed by atoms with Gasteiger partial charge < -0.3 is 4.79 Å². The molecule has 1 heteroatoms. The van der Waals surface area contributed by atoms with Crippen LogP contribution in [0.5, 0.6) is 0 Å². The monoisotopic (exact) mass is 230 g/mol. The third-order valence-electron chi connectivity index (χ3n) is 2.90. The van der Waals surface area contributed by atoms with Crippen LogP contribution in [0.1, 0.15) is 43.7 Å². The number of benzene rings is 1. The number of aldehydes is 1. The second kappa shape index (κ2) is 7.83. The zero-order chi connectivity index (χ0) is 12.5. The van der Waals surface area contributed by atoms with Gasteiger partial charge in [0.2, 0.25) is 0 Å². The van der Waals surface area contributed by atoms with Crippen molar-refractivity contribution in [3.8, 4) is 0 Å². The molecule has 0 aliphatic rings. The molecule has 0 bridgehead atoms. The van der Waals surface area contributed by atoms with E-state index >= 15 is 0 Å². The van der Waals surface area contributed by atoms with E-state index in [2.05, 4.69) is 44.2 Å². The van der Waals surface area contributed by atoms with Gasteiger partial charge in [0, 0.05) is 6.42 Å². The quantitative estimate of drug-likeness (QED) is 0.389. The van der Waals surface area contributed by atoms with Crippen LogP contribution in [-0.4, -0.2) is 6.29 Å². The summed E-state index contributed by atoms with van der Waals surface area (Å²) in [7, 11) is 0. The summed E-state index contributed by atoms with van der Waals surface area (Å²) in [5.41, 5.74) is 4.13. The highest BCUT2D eigenvalue weighted by atomic mass is 16.1. The first-order valence-corrected chi connectivity index (χ1v) is 6.37. The van der Waals surface area contributed by atoms with E-state index < -0.39 is 0 Å². The normalized spacial score (nSPS) is 11.5. The maximum atomic E-state index is 10.2. The second-order valence-corrected chi connectivity index (χ2v) is 4.64. The molecule has 1 rings (SSSR count). The van der Waals surface area contributed by atoms with Gasteiger partial charge in [0.1, 0.15) is 6.29 Å². The SMILES string of the molecule is C/C(=C\CCc1cccc(C)c1)CCCC=O. The fraction of sp³-hybridized carbons (Fsp3) is 0.438. The molecular formula is C16H22O. The van der Waals surface area contributed by atoms with Crippen molar-refractivity contribution in [3.05, 3.63) is 47.0 Å². The minimum atomic E-state index is 0.684. The molecule has 1 aromatic carbocycles. The summed E-state index contributed by atoms with van der Waals surface area (Å²) in [5, 5.41) is 0. The molecule has 0 unspecified atom stereocenters. The number of rotatable bonds is 7. The summed E-state index contributed by atoms with van der Waals surface area (Å²) in [5.74, 6) is 0. The van der Waals surface area contributed by atoms with Crippen molar-refractivity contribution >= 4 is 6.29 Å². The average Bonchev–Trinajstić information content (AvgIpc) is 2.29. The van der Waals surface area contributed by atoms with Gasteiger partial charge >= 0.3 is 0 Å². The van der Waals surface area contributed by atoms with Crippen LogP contribution in [0.25, 0.3) is 0 Å². The van der Waals surface area contributed by atoms with Gasteiger partial charge in [-0.15, -0.1) is 0 Å². The highest BCUT2D eigenvalue weighted by Crippen LogP contribution is 2.10. The molecule has 0 spiro atoms. The Kier molecular flexibility index (Phi) is 6.31. The number of carbonyl (C=O) groups excluding carboxylic acids is 1. The molecule has 0 saturated heterocycles. The highest BCUT2D eigenvalue weighted by Gasteiger charge is 1.94. The Labute approximate surface area is 105 Å². The van der Waals surface area contributed by atoms with E-state index in [0.29, 0.717) is 6.42 Å². The van der Waals surface area contributed by atoms with E-state index in [1.165, 1.54) is 16.7 Å². The molecule has 0 fully saturated rings. The van der Waals surface area contributed by atoms with Crippen molar-refractivity contribution < 1.29 is 4.79 Å². The average molecular weight is 230 g/mol. The van der Waals surface area contributed by atoms with Gasteiger partial charge in [-0.2, -0.15) is 0 Å². The molecule has 0 amide bonds. The van der Waals surface area contributed by atoms with E-state index in [1.807, 2.05) is 0 Å². The predicted octanol–water partition coefficient (Wildman–Crippen LogP) is 4.24. The van der Waals surface area contributed by atoms with E-state index in [0.717, 1.165) is 32.0 Å². The summed E-state index contributed by atoms with van der Waals surface area (Å²) in [6, 6.07) is 8.67. The van der Waals surface area contributed by atoms with Crippen LogP contribution in [0, 0.1) is 6.92 Å². The van der Waals surface area contributed by atoms with Crippen LogP contribution in [0.4, 0.5) is 0 Å². The summed E-state index contributed by atoms with van der Waals surface area (Å²) in [6.45, 7) is 4.28. The summed E-state index contributed by atoms with van der Waals surface area (Å²) >= 11 is 0. The van der Waals surface area contributed by atoms with Gasteiger partial charge in [-0.1, -0.05) is 41.5 Å². The van der Waals surface area contributed by atoms with Crippen molar-refractivity contribution in [2.24, 2.45) is 0 Å². The minimum Gasteiger partial charge on any atom is -0.303 e. The zero-order valence-corrected chi connectivity index (χ0v) is 10.9. The zero-order valence-electron chi connectivity index (χ0n) is 10.9. The first kappa shape index (κ1) is 13.7. The molecule has 0 aromatic heterocycles. The Morgan fingerprint density at radius 3 is 2.82 bits per heavy atom. The number of hydrogen-bond acceptors (Lipinski definition) is 1. The molecule has 0 radical (unpaired) electrons. The molecule has 0 heterocycles. The maximum absolute atomic E-state index is 10.2. The number of carbonyl (C=O) groups is 1. The van der Waals surface area contributed by atoms with E-state index in [-0.39, 0.29) is 0 Å².